The van der Waals surface area contributed by atoms with Crippen molar-refractivity contribution in [3.8, 4) is 11.8 Å². The molecule has 2 heterocycles. The van der Waals surface area contributed by atoms with Gasteiger partial charge in [0.15, 0.2) is 6.10 Å². The second kappa shape index (κ2) is 6.40. The molecule has 130 valence electrons. The van der Waals surface area contributed by atoms with Crippen LogP contribution in [0, 0.1) is 11.3 Å². The molecule has 0 amide bonds. The fourth-order valence-corrected chi connectivity index (χ4v) is 2.32. The van der Waals surface area contributed by atoms with Crippen LogP contribution in [0.1, 0.15) is 23.9 Å². The predicted octanol–water partition coefficient (Wildman–Crippen LogP) is 1.92. The Balaban J connectivity index is 1.81. The van der Waals surface area contributed by atoms with E-state index >= 15 is 0 Å². The van der Waals surface area contributed by atoms with Gasteiger partial charge in [0.25, 0.3) is 0 Å². The molecule has 0 aliphatic carbocycles. The lowest BCUT2D eigenvalue weighted by Gasteiger charge is -2.31. The van der Waals surface area contributed by atoms with Crippen molar-refractivity contribution in [3.63, 3.8) is 0 Å². The van der Waals surface area contributed by atoms with Crippen LogP contribution in [0.15, 0.2) is 24.4 Å². The average molecular weight is 352 g/mol. The van der Waals surface area contributed by atoms with Gasteiger partial charge in [-0.15, -0.1) is 10.2 Å². The normalized spacial score (nSPS) is 20.4. The van der Waals surface area contributed by atoms with Crippen LogP contribution in [0.4, 0.5) is 18.9 Å². The number of aliphatic hydroxyl groups excluding tert-OH is 1. The Hall–Kier alpha value is -3.13. The Morgan fingerprint density at radius 2 is 2.28 bits per heavy atom. The minimum atomic E-state index is -4.55. The van der Waals surface area contributed by atoms with Crippen LogP contribution in [-0.4, -0.2) is 38.0 Å². The highest BCUT2D eigenvalue weighted by atomic mass is 19.4. The van der Waals surface area contributed by atoms with Gasteiger partial charge < -0.3 is 15.2 Å². The highest BCUT2D eigenvalue weighted by Gasteiger charge is 2.45. The maximum absolute atomic E-state index is 12.8. The fourth-order valence-electron chi connectivity index (χ4n) is 2.32. The van der Waals surface area contributed by atoms with Crippen molar-refractivity contribution in [3.05, 3.63) is 35.8 Å². The molecule has 11 heteroatoms. The molecule has 0 bridgehead atoms. The third kappa shape index (κ3) is 3.53. The highest BCUT2D eigenvalue weighted by Crippen LogP contribution is 2.41. The zero-order chi connectivity index (χ0) is 18.0. The van der Waals surface area contributed by atoms with E-state index in [1.165, 1.54) is 24.4 Å². The topological polar surface area (TPSA) is 120 Å². The summed E-state index contributed by atoms with van der Waals surface area (Å²) in [4.78, 5) is 0. The van der Waals surface area contributed by atoms with Crippen molar-refractivity contribution in [2.75, 3.05) is 5.32 Å². The molecule has 0 spiro atoms. The van der Waals surface area contributed by atoms with Gasteiger partial charge >= 0.3 is 6.18 Å². The first kappa shape index (κ1) is 16.7. The largest absolute Gasteiger partial charge is 0.480 e. The van der Waals surface area contributed by atoms with Crippen molar-refractivity contribution in [2.24, 2.45) is 0 Å². The Morgan fingerprint density at radius 3 is 2.92 bits per heavy atom. The quantitative estimate of drug-likeness (QED) is 0.722. The predicted molar refractivity (Wildman–Crippen MR) is 77.9 cm³/mol. The summed E-state index contributed by atoms with van der Waals surface area (Å²) in [5.74, 6) is 0.0543. The van der Waals surface area contributed by atoms with Crippen LogP contribution in [0.5, 0.6) is 5.75 Å². The Bertz CT molecular complexity index is 828. The second-order valence-electron chi connectivity index (χ2n) is 5.20. The SMILES string of the molecule is N#CC(=CNc1ccc2c(c1)C(O)CC(C(F)(F)F)O2)c1nn[nH]n1. The molecule has 1 aromatic heterocycles. The molecule has 0 fully saturated rings. The smallest absolute Gasteiger partial charge is 0.425 e. The third-order valence-electron chi connectivity index (χ3n) is 3.53. The van der Waals surface area contributed by atoms with E-state index in [0.29, 0.717) is 5.69 Å². The average Bonchev–Trinajstić information content (AvgIpc) is 3.09. The summed E-state index contributed by atoms with van der Waals surface area (Å²) < 4.78 is 43.2. The third-order valence-corrected chi connectivity index (χ3v) is 3.53. The van der Waals surface area contributed by atoms with Crippen LogP contribution < -0.4 is 10.1 Å². The lowest BCUT2D eigenvalue weighted by molar-refractivity contribution is -0.207. The first-order valence-corrected chi connectivity index (χ1v) is 7.04. The minimum Gasteiger partial charge on any atom is -0.480 e. The molecule has 2 aromatic rings. The van der Waals surface area contributed by atoms with E-state index in [1.807, 2.05) is 6.07 Å². The summed E-state index contributed by atoms with van der Waals surface area (Å²) >= 11 is 0. The van der Waals surface area contributed by atoms with Gasteiger partial charge in [-0.05, 0) is 23.4 Å². The fraction of sp³-hybridized carbons (Fsp3) is 0.286. The number of anilines is 1. The Labute approximate surface area is 138 Å². The molecule has 25 heavy (non-hydrogen) atoms. The second-order valence-corrected chi connectivity index (χ2v) is 5.20. The number of hydrogen-bond acceptors (Lipinski definition) is 7. The highest BCUT2D eigenvalue weighted by molar-refractivity contribution is 5.74. The van der Waals surface area contributed by atoms with E-state index in [2.05, 4.69) is 25.9 Å². The van der Waals surface area contributed by atoms with Gasteiger partial charge in [0, 0.05) is 23.9 Å². The number of nitrogens with zero attached hydrogens (tertiary/aromatic N) is 4. The number of nitriles is 1. The van der Waals surface area contributed by atoms with Crippen molar-refractivity contribution in [1.29, 1.82) is 5.26 Å². The van der Waals surface area contributed by atoms with Crippen molar-refractivity contribution >= 4 is 11.3 Å². The molecular formula is C14H11F3N6O2. The number of H-pyrrole nitrogens is 1. The summed E-state index contributed by atoms with van der Waals surface area (Å²) in [6, 6.07) is 6.13. The Kier molecular flexibility index (Phi) is 4.28. The zero-order valence-electron chi connectivity index (χ0n) is 12.4. The van der Waals surface area contributed by atoms with Gasteiger partial charge in [0.05, 0.1) is 6.10 Å². The monoisotopic (exact) mass is 352 g/mol. The number of nitrogens with one attached hydrogen (secondary N) is 2. The summed E-state index contributed by atoms with van der Waals surface area (Å²) in [7, 11) is 0. The number of allylic oxidation sites excluding steroid dienone is 1. The van der Waals surface area contributed by atoms with Crippen LogP contribution >= 0.6 is 0 Å². The Morgan fingerprint density at radius 1 is 1.48 bits per heavy atom. The van der Waals surface area contributed by atoms with Gasteiger partial charge in [0.1, 0.15) is 17.4 Å². The molecular weight excluding hydrogens is 341 g/mol. The van der Waals surface area contributed by atoms with E-state index in [9.17, 15) is 18.3 Å². The molecule has 8 nitrogen and oxygen atoms in total. The summed E-state index contributed by atoms with van der Waals surface area (Å²) in [5, 5.41) is 34.7. The van der Waals surface area contributed by atoms with Gasteiger partial charge in [-0.1, -0.05) is 0 Å². The lowest BCUT2D eigenvalue weighted by Crippen LogP contribution is -2.38. The number of hydrogen-bond donors (Lipinski definition) is 3. The minimum absolute atomic E-state index is 0.0331. The number of aromatic nitrogens is 4. The number of benzene rings is 1. The summed E-state index contributed by atoms with van der Waals surface area (Å²) in [6.45, 7) is 0. The molecule has 1 aliphatic rings. The number of alkyl halides is 3. The van der Waals surface area contributed by atoms with Gasteiger partial charge in [-0.3, -0.25) is 0 Å². The molecule has 3 rings (SSSR count). The van der Waals surface area contributed by atoms with Gasteiger partial charge in [-0.2, -0.15) is 23.6 Å². The van der Waals surface area contributed by atoms with E-state index in [0.717, 1.165) is 0 Å². The molecule has 0 radical (unpaired) electrons. The maximum atomic E-state index is 12.8. The number of tetrazole rings is 1. The number of aromatic amines is 1. The standard InChI is InChI=1S/C14H11F3N6O2/c15-14(16,17)12-4-10(24)9-3-8(1-2-11(9)25-12)19-6-7(5-18)13-20-22-23-21-13/h1-3,6,10,12,19,24H,4H2,(H,20,21,22,23). The number of rotatable bonds is 3. The number of fused-ring (bicyclic) bond motifs is 1. The van der Waals surface area contributed by atoms with Gasteiger partial charge in [-0.25, -0.2) is 0 Å². The molecule has 1 aliphatic heterocycles. The van der Waals surface area contributed by atoms with Crippen molar-refractivity contribution in [1.82, 2.24) is 20.6 Å². The summed E-state index contributed by atoms with van der Waals surface area (Å²) in [5.41, 5.74) is 0.778. The van der Waals surface area contributed by atoms with E-state index < -0.39 is 24.8 Å². The van der Waals surface area contributed by atoms with Crippen LogP contribution in [0.25, 0.3) is 5.57 Å². The van der Waals surface area contributed by atoms with Crippen LogP contribution in [0.2, 0.25) is 0 Å². The molecule has 2 unspecified atom stereocenters. The number of aliphatic hydroxyl groups is 1. The molecule has 0 saturated heterocycles. The van der Waals surface area contributed by atoms with Gasteiger partial charge in [0.2, 0.25) is 5.82 Å². The van der Waals surface area contributed by atoms with E-state index in [1.54, 1.807) is 0 Å². The molecule has 0 saturated carbocycles. The molecule has 1 aromatic carbocycles. The number of halogens is 3. The number of ether oxygens (including phenoxy) is 1. The molecule has 2 atom stereocenters. The summed E-state index contributed by atoms with van der Waals surface area (Å²) in [6.07, 6.45) is -7.17. The van der Waals surface area contributed by atoms with E-state index in [4.69, 9.17) is 10.00 Å². The van der Waals surface area contributed by atoms with Crippen LogP contribution in [0.3, 0.4) is 0 Å². The zero-order valence-corrected chi connectivity index (χ0v) is 12.4. The lowest BCUT2D eigenvalue weighted by atomic mass is 9.98. The van der Waals surface area contributed by atoms with Crippen LogP contribution in [-0.2, 0) is 0 Å². The first-order chi connectivity index (χ1) is 11.9. The maximum Gasteiger partial charge on any atom is 0.425 e. The first-order valence-electron chi connectivity index (χ1n) is 7.04. The van der Waals surface area contributed by atoms with Crippen molar-refractivity contribution < 1.29 is 23.0 Å². The van der Waals surface area contributed by atoms with E-state index in [-0.39, 0.29) is 22.7 Å². The molecule has 3 N–H and O–H groups in total. The van der Waals surface area contributed by atoms with Crippen molar-refractivity contribution in [2.45, 2.75) is 24.8 Å².